The van der Waals surface area contributed by atoms with Crippen molar-refractivity contribution in [1.29, 1.82) is 0 Å². The average molecular weight is 269 g/mol. The van der Waals surface area contributed by atoms with Gasteiger partial charge in [0.2, 0.25) is 5.91 Å². The van der Waals surface area contributed by atoms with E-state index in [4.69, 9.17) is 5.73 Å². The van der Waals surface area contributed by atoms with Gasteiger partial charge in [0, 0.05) is 12.2 Å². The summed E-state index contributed by atoms with van der Waals surface area (Å²) in [6.45, 7) is 3.77. The van der Waals surface area contributed by atoms with E-state index in [1.807, 2.05) is 50.2 Å². The van der Waals surface area contributed by atoms with Gasteiger partial charge in [0.05, 0.1) is 5.92 Å². The summed E-state index contributed by atoms with van der Waals surface area (Å²) in [6, 6.07) is 13.0. The van der Waals surface area contributed by atoms with E-state index in [1.165, 1.54) is 0 Å². The van der Waals surface area contributed by atoms with E-state index in [2.05, 4.69) is 10.3 Å². The molecule has 4 nitrogen and oxygen atoms in total. The molecule has 0 saturated carbocycles. The molecule has 3 N–H and O–H groups in total. The fraction of sp³-hybridized carbons (Fsp3) is 0.250. The molecular formula is C16H19N3O. The molecule has 1 heterocycles. The molecule has 2 atom stereocenters. The number of carbonyl (C=O) groups excluding carboxylic acids is 1. The van der Waals surface area contributed by atoms with Crippen LogP contribution in [0.4, 0.5) is 5.82 Å². The quantitative estimate of drug-likeness (QED) is 0.896. The molecule has 0 aliphatic carbocycles. The number of carbonyl (C=O) groups is 1. The lowest BCUT2D eigenvalue weighted by Crippen LogP contribution is -2.30. The van der Waals surface area contributed by atoms with Gasteiger partial charge in [-0.1, -0.05) is 43.3 Å². The summed E-state index contributed by atoms with van der Waals surface area (Å²) in [5.74, 6) is 0.0888. The van der Waals surface area contributed by atoms with E-state index in [1.54, 1.807) is 12.3 Å². The first-order valence-corrected chi connectivity index (χ1v) is 6.62. The Morgan fingerprint density at radius 2 is 1.90 bits per heavy atom. The first-order valence-electron chi connectivity index (χ1n) is 6.62. The summed E-state index contributed by atoms with van der Waals surface area (Å²) < 4.78 is 0. The lowest BCUT2D eigenvalue weighted by Gasteiger charge is -2.19. The number of rotatable bonds is 4. The number of aryl methyl sites for hydroxylation is 1. The molecule has 104 valence electrons. The first-order chi connectivity index (χ1) is 9.58. The van der Waals surface area contributed by atoms with Crippen molar-refractivity contribution in [2.75, 3.05) is 5.32 Å². The summed E-state index contributed by atoms with van der Waals surface area (Å²) in [7, 11) is 0. The van der Waals surface area contributed by atoms with Gasteiger partial charge in [0.1, 0.15) is 5.82 Å². The Labute approximate surface area is 119 Å². The second-order valence-corrected chi connectivity index (χ2v) is 4.94. The molecule has 0 saturated heterocycles. The third-order valence-electron chi connectivity index (χ3n) is 3.30. The Balaban J connectivity index is 2.03. The molecule has 1 aromatic carbocycles. The SMILES string of the molecule is Cc1ccc(NC(=O)C(C)C(N)c2ccccc2)nc1. The Morgan fingerprint density at radius 3 is 2.50 bits per heavy atom. The lowest BCUT2D eigenvalue weighted by molar-refractivity contribution is -0.120. The highest BCUT2D eigenvalue weighted by Crippen LogP contribution is 2.20. The average Bonchev–Trinajstić information content (AvgIpc) is 2.49. The zero-order valence-corrected chi connectivity index (χ0v) is 11.7. The van der Waals surface area contributed by atoms with Crippen LogP contribution in [0.2, 0.25) is 0 Å². The van der Waals surface area contributed by atoms with E-state index < -0.39 is 0 Å². The van der Waals surface area contributed by atoms with E-state index in [0.717, 1.165) is 11.1 Å². The van der Waals surface area contributed by atoms with E-state index in [0.29, 0.717) is 5.82 Å². The molecule has 2 rings (SSSR count). The van der Waals surface area contributed by atoms with E-state index in [-0.39, 0.29) is 17.9 Å². The topological polar surface area (TPSA) is 68.0 Å². The van der Waals surface area contributed by atoms with E-state index >= 15 is 0 Å². The maximum atomic E-state index is 12.2. The fourth-order valence-corrected chi connectivity index (χ4v) is 1.91. The zero-order chi connectivity index (χ0) is 14.5. The number of anilines is 1. The predicted molar refractivity (Wildman–Crippen MR) is 80.1 cm³/mol. The number of pyridine rings is 1. The van der Waals surface area contributed by atoms with Crippen LogP contribution in [0, 0.1) is 12.8 Å². The smallest absolute Gasteiger partial charge is 0.230 e. The summed E-state index contributed by atoms with van der Waals surface area (Å²) >= 11 is 0. The number of hydrogen-bond donors (Lipinski definition) is 2. The first kappa shape index (κ1) is 14.2. The molecule has 0 spiro atoms. The number of nitrogens with one attached hydrogen (secondary N) is 1. The van der Waals surface area contributed by atoms with Gasteiger partial charge in [-0.15, -0.1) is 0 Å². The van der Waals surface area contributed by atoms with E-state index in [9.17, 15) is 4.79 Å². The maximum Gasteiger partial charge on any atom is 0.230 e. The standard InChI is InChI=1S/C16H19N3O/c1-11-8-9-14(18-10-11)19-16(20)12(2)15(17)13-6-4-3-5-7-13/h3-10,12,15H,17H2,1-2H3,(H,18,19,20). The van der Waals surface area contributed by atoms with Crippen molar-refractivity contribution in [1.82, 2.24) is 4.98 Å². The third kappa shape index (κ3) is 3.42. The molecule has 4 heteroatoms. The molecule has 0 fully saturated rings. The minimum atomic E-state index is -0.333. The van der Waals surface area contributed by atoms with Crippen LogP contribution in [0.5, 0.6) is 0 Å². The van der Waals surface area contributed by atoms with Crippen molar-refractivity contribution >= 4 is 11.7 Å². The zero-order valence-electron chi connectivity index (χ0n) is 11.7. The lowest BCUT2D eigenvalue weighted by atomic mass is 9.95. The number of amides is 1. The van der Waals surface area contributed by atoms with Crippen LogP contribution in [0.25, 0.3) is 0 Å². The molecule has 0 radical (unpaired) electrons. The van der Waals surface area contributed by atoms with Gasteiger partial charge in [-0.3, -0.25) is 4.79 Å². The van der Waals surface area contributed by atoms with Crippen molar-refractivity contribution in [2.24, 2.45) is 11.7 Å². The Hall–Kier alpha value is -2.20. The van der Waals surface area contributed by atoms with Gasteiger partial charge >= 0.3 is 0 Å². The molecule has 0 aliphatic rings. The molecule has 20 heavy (non-hydrogen) atoms. The number of hydrogen-bond acceptors (Lipinski definition) is 3. The second-order valence-electron chi connectivity index (χ2n) is 4.94. The fourth-order valence-electron chi connectivity index (χ4n) is 1.91. The normalized spacial score (nSPS) is 13.6. The number of nitrogens with zero attached hydrogens (tertiary/aromatic N) is 1. The highest BCUT2D eigenvalue weighted by molar-refractivity contribution is 5.92. The van der Waals surface area contributed by atoms with Crippen LogP contribution >= 0.6 is 0 Å². The molecule has 0 bridgehead atoms. The van der Waals surface area contributed by atoms with Gasteiger partial charge < -0.3 is 11.1 Å². The van der Waals surface area contributed by atoms with Gasteiger partial charge in [-0.05, 0) is 24.1 Å². The Morgan fingerprint density at radius 1 is 1.20 bits per heavy atom. The number of benzene rings is 1. The van der Waals surface area contributed by atoms with Crippen LogP contribution in [-0.2, 0) is 4.79 Å². The minimum absolute atomic E-state index is 0.127. The van der Waals surface area contributed by atoms with Crippen molar-refractivity contribution in [2.45, 2.75) is 19.9 Å². The van der Waals surface area contributed by atoms with Crippen LogP contribution in [0.3, 0.4) is 0 Å². The van der Waals surface area contributed by atoms with Gasteiger partial charge in [-0.2, -0.15) is 0 Å². The Kier molecular flexibility index (Phi) is 4.48. The van der Waals surface area contributed by atoms with Gasteiger partial charge in [0.25, 0.3) is 0 Å². The maximum absolute atomic E-state index is 12.2. The number of aromatic nitrogens is 1. The van der Waals surface area contributed by atoms with Crippen LogP contribution in [0.1, 0.15) is 24.1 Å². The second kappa shape index (κ2) is 6.30. The number of nitrogens with two attached hydrogens (primary N) is 1. The van der Waals surface area contributed by atoms with Gasteiger partial charge in [0.15, 0.2) is 0 Å². The largest absolute Gasteiger partial charge is 0.323 e. The molecule has 2 aromatic rings. The highest BCUT2D eigenvalue weighted by atomic mass is 16.1. The Bertz CT molecular complexity index is 566. The summed E-state index contributed by atoms with van der Waals surface area (Å²) in [5, 5.41) is 2.79. The summed E-state index contributed by atoms with van der Waals surface area (Å²) in [6.07, 6.45) is 1.72. The van der Waals surface area contributed by atoms with Crippen molar-refractivity contribution in [3.05, 3.63) is 59.8 Å². The van der Waals surface area contributed by atoms with Crippen molar-refractivity contribution < 1.29 is 4.79 Å². The summed E-state index contributed by atoms with van der Waals surface area (Å²) in [5.41, 5.74) is 8.14. The monoisotopic (exact) mass is 269 g/mol. The van der Waals surface area contributed by atoms with Gasteiger partial charge in [-0.25, -0.2) is 4.98 Å². The van der Waals surface area contributed by atoms with Crippen LogP contribution in [-0.4, -0.2) is 10.9 Å². The van der Waals surface area contributed by atoms with Crippen LogP contribution in [0.15, 0.2) is 48.7 Å². The molecule has 1 aromatic heterocycles. The molecule has 2 unspecified atom stereocenters. The predicted octanol–water partition coefficient (Wildman–Crippen LogP) is 2.66. The van der Waals surface area contributed by atoms with Crippen LogP contribution < -0.4 is 11.1 Å². The third-order valence-corrected chi connectivity index (χ3v) is 3.30. The minimum Gasteiger partial charge on any atom is -0.323 e. The summed E-state index contributed by atoms with van der Waals surface area (Å²) in [4.78, 5) is 16.3. The highest BCUT2D eigenvalue weighted by Gasteiger charge is 2.22. The van der Waals surface area contributed by atoms with Crippen molar-refractivity contribution in [3.8, 4) is 0 Å². The van der Waals surface area contributed by atoms with Crippen molar-refractivity contribution in [3.63, 3.8) is 0 Å². The molecule has 1 amide bonds. The molecular weight excluding hydrogens is 250 g/mol. The molecule has 0 aliphatic heterocycles.